The van der Waals surface area contributed by atoms with E-state index in [4.69, 9.17) is 26.1 Å². The van der Waals surface area contributed by atoms with Crippen molar-refractivity contribution in [3.63, 3.8) is 0 Å². The van der Waals surface area contributed by atoms with E-state index in [1.807, 2.05) is 45.2 Å². The van der Waals surface area contributed by atoms with Gasteiger partial charge in [-0.05, 0) is 76.0 Å². The molecular weight excluding hydrogens is 462 g/mol. The highest BCUT2D eigenvalue weighted by molar-refractivity contribution is 6.31. The number of hydrogen-bond donors (Lipinski definition) is 0. The van der Waals surface area contributed by atoms with Gasteiger partial charge >= 0.3 is 0 Å². The molecule has 1 spiro atoms. The smallest absolute Gasteiger partial charge is 0.265 e. The molecule has 2 atom stereocenters. The van der Waals surface area contributed by atoms with Gasteiger partial charge in [0.2, 0.25) is 5.95 Å². The number of nitrogens with zero attached hydrogens (tertiary/aromatic N) is 3. The predicted octanol–water partition coefficient (Wildman–Crippen LogP) is 5.91. The third-order valence-corrected chi connectivity index (χ3v) is 8.12. The first-order chi connectivity index (χ1) is 16.6. The Kier molecular flexibility index (Phi) is 7.62. The van der Waals surface area contributed by atoms with Gasteiger partial charge in [-0.2, -0.15) is 0 Å². The summed E-state index contributed by atoms with van der Waals surface area (Å²) < 4.78 is 13.9. The Morgan fingerprint density at radius 1 is 1.34 bits per heavy atom. The summed E-state index contributed by atoms with van der Waals surface area (Å²) in [6.45, 7) is 12.8. The highest BCUT2D eigenvalue weighted by atomic mass is 35.5. The Morgan fingerprint density at radius 2 is 2.06 bits per heavy atom. The van der Waals surface area contributed by atoms with E-state index < -0.39 is 0 Å². The van der Waals surface area contributed by atoms with Crippen molar-refractivity contribution in [2.75, 3.05) is 24.6 Å². The Balaban J connectivity index is 1.67. The summed E-state index contributed by atoms with van der Waals surface area (Å²) in [5.74, 6) is 2.14. The molecule has 7 heteroatoms. The monoisotopic (exact) mass is 499 g/mol. The van der Waals surface area contributed by atoms with Gasteiger partial charge in [-0.15, -0.1) is 0 Å². The van der Waals surface area contributed by atoms with E-state index in [2.05, 4.69) is 25.7 Å². The van der Waals surface area contributed by atoms with Gasteiger partial charge in [-0.3, -0.25) is 9.36 Å². The van der Waals surface area contributed by atoms with Crippen molar-refractivity contribution in [3.8, 4) is 5.75 Å². The van der Waals surface area contributed by atoms with Crippen molar-refractivity contribution >= 4 is 23.3 Å². The van der Waals surface area contributed by atoms with Crippen LogP contribution in [0.4, 0.5) is 5.95 Å². The second kappa shape index (κ2) is 10.4. The first kappa shape index (κ1) is 25.8. The first-order valence-corrected chi connectivity index (χ1v) is 13.1. The Labute approximate surface area is 213 Å². The van der Waals surface area contributed by atoms with Crippen molar-refractivity contribution in [3.05, 3.63) is 56.5 Å². The lowest BCUT2D eigenvalue weighted by atomic mass is 9.77. The zero-order valence-electron chi connectivity index (χ0n) is 21.9. The second-order valence-electron chi connectivity index (χ2n) is 10.4. The first-order valence-electron chi connectivity index (χ1n) is 12.7. The number of aryl methyl sites for hydroxylation is 1. The maximum Gasteiger partial charge on any atom is 0.265 e. The van der Waals surface area contributed by atoms with Gasteiger partial charge in [0.1, 0.15) is 17.1 Å². The van der Waals surface area contributed by atoms with Crippen LogP contribution in [0.1, 0.15) is 63.3 Å². The number of piperidine rings is 1. The highest BCUT2D eigenvalue weighted by Crippen LogP contribution is 2.42. The van der Waals surface area contributed by atoms with E-state index >= 15 is 0 Å². The van der Waals surface area contributed by atoms with Gasteiger partial charge in [-0.1, -0.05) is 31.5 Å². The summed E-state index contributed by atoms with van der Waals surface area (Å²) >= 11 is 6.33. The number of anilines is 1. The number of benzene rings is 1. The zero-order chi connectivity index (χ0) is 25.3. The van der Waals surface area contributed by atoms with Crippen LogP contribution in [0.2, 0.25) is 5.02 Å². The van der Waals surface area contributed by atoms with Gasteiger partial charge in [0, 0.05) is 30.7 Å². The molecule has 0 aliphatic carbocycles. The zero-order valence-corrected chi connectivity index (χ0v) is 22.6. The normalized spacial score (nSPS) is 20.9. The van der Waals surface area contributed by atoms with Crippen LogP contribution >= 0.6 is 11.6 Å². The maximum atomic E-state index is 13.7. The molecule has 1 unspecified atom stereocenters. The van der Waals surface area contributed by atoms with Crippen LogP contribution in [0.15, 0.2) is 29.1 Å². The van der Waals surface area contributed by atoms with Gasteiger partial charge in [0.15, 0.2) is 0 Å². The van der Waals surface area contributed by atoms with Crippen molar-refractivity contribution in [2.45, 2.75) is 66.4 Å². The maximum absolute atomic E-state index is 13.7. The fraction of sp³-hybridized carbons (Fsp3) is 0.571. The topological polar surface area (TPSA) is 56.6 Å². The molecule has 6 nitrogen and oxygen atoms in total. The van der Waals surface area contributed by atoms with E-state index in [0.717, 1.165) is 56.9 Å². The van der Waals surface area contributed by atoms with Crippen LogP contribution in [0.5, 0.6) is 5.75 Å². The third kappa shape index (κ3) is 5.29. The quantitative estimate of drug-likeness (QED) is 0.462. The fourth-order valence-electron chi connectivity index (χ4n) is 5.20. The molecule has 0 N–H and O–H groups in total. The molecule has 0 radical (unpaired) electrons. The molecular formula is C28H38ClN3O3. The molecule has 190 valence electrons. The molecule has 35 heavy (non-hydrogen) atoms. The molecule has 3 heterocycles. The summed E-state index contributed by atoms with van der Waals surface area (Å²) in [5.41, 5.74) is 2.20. The molecule has 1 aromatic heterocycles. The minimum Gasteiger partial charge on any atom is -0.456 e. The summed E-state index contributed by atoms with van der Waals surface area (Å²) in [6.07, 6.45) is 6.54. The van der Waals surface area contributed by atoms with Crippen molar-refractivity contribution in [1.29, 1.82) is 0 Å². The summed E-state index contributed by atoms with van der Waals surface area (Å²) in [6, 6.07) is 5.57. The van der Waals surface area contributed by atoms with Gasteiger partial charge in [0.25, 0.3) is 5.56 Å². The standard InChI is InChI=1S/C28H38ClN3O3/c1-7-18(2)15-24(35-23-10-8-9-22(29)20(23)4)25-21(5)30-27(31(6)26(25)33)32-13-11-28(12-14-32)16-19(3)34-17-28/h8-10,15,18-19H,7,11-14,16-17H2,1-6H3/b24-15+/t18?,19-/m0/s1. The Bertz CT molecular complexity index is 1160. The summed E-state index contributed by atoms with van der Waals surface area (Å²) in [4.78, 5) is 20.9. The third-order valence-electron chi connectivity index (χ3n) is 7.71. The molecule has 2 aromatic rings. The number of aromatic nitrogens is 2. The van der Waals surface area contributed by atoms with E-state index in [1.165, 1.54) is 0 Å². The van der Waals surface area contributed by atoms with Crippen LogP contribution in [0.3, 0.4) is 0 Å². The second-order valence-corrected chi connectivity index (χ2v) is 10.8. The summed E-state index contributed by atoms with van der Waals surface area (Å²) in [7, 11) is 1.81. The Morgan fingerprint density at radius 3 is 2.69 bits per heavy atom. The molecule has 1 aromatic carbocycles. The molecule has 0 amide bonds. The van der Waals surface area contributed by atoms with Crippen LogP contribution < -0.4 is 15.2 Å². The van der Waals surface area contributed by atoms with E-state index in [0.29, 0.717) is 33.9 Å². The molecule has 0 saturated carbocycles. The van der Waals surface area contributed by atoms with Crippen LogP contribution in [-0.4, -0.2) is 35.4 Å². The lowest BCUT2D eigenvalue weighted by Gasteiger charge is -2.39. The minimum atomic E-state index is -0.0974. The van der Waals surface area contributed by atoms with Gasteiger partial charge < -0.3 is 14.4 Å². The molecule has 2 fully saturated rings. The number of rotatable bonds is 6. The van der Waals surface area contributed by atoms with Crippen molar-refractivity contribution in [1.82, 2.24) is 9.55 Å². The van der Waals surface area contributed by atoms with E-state index in [-0.39, 0.29) is 16.9 Å². The van der Waals surface area contributed by atoms with E-state index in [9.17, 15) is 4.79 Å². The largest absolute Gasteiger partial charge is 0.456 e. The number of hydrogen-bond acceptors (Lipinski definition) is 5. The fourth-order valence-corrected chi connectivity index (χ4v) is 5.36. The SMILES string of the molecule is CCC(C)/C=C(/Oc1cccc(Cl)c1C)c1c(C)nc(N2CCC3(CC2)CO[C@@H](C)C3)n(C)c1=O. The Hall–Kier alpha value is -2.31. The van der Waals surface area contributed by atoms with Crippen molar-refractivity contribution in [2.24, 2.45) is 18.4 Å². The average Bonchev–Trinajstić information content (AvgIpc) is 3.19. The summed E-state index contributed by atoms with van der Waals surface area (Å²) in [5, 5.41) is 0.633. The van der Waals surface area contributed by atoms with Gasteiger partial charge in [0.05, 0.1) is 18.4 Å². The average molecular weight is 500 g/mol. The molecule has 2 saturated heterocycles. The number of ether oxygens (including phenoxy) is 2. The molecule has 2 aliphatic heterocycles. The predicted molar refractivity (Wildman–Crippen MR) is 142 cm³/mol. The lowest BCUT2D eigenvalue weighted by molar-refractivity contribution is 0.0974. The molecule has 0 bridgehead atoms. The van der Waals surface area contributed by atoms with Gasteiger partial charge in [-0.25, -0.2) is 4.98 Å². The van der Waals surface area contributed by atoms with Crippen LogP contribution in [0, 0.1) is 25.2 Å². The van der Waals surface area contributed by atoms with Crippen LogP contribution in [0.25, 0.3) is 5.76 Å². The number of halogens is 1. The molecule has 2 aliphatic rings. The number of allylic oxidation sites excluding steroid dienone is 1. The van der Waals surface area contributed by atoms with Crippen molar-refractivity contribution < 1.29 is 9.47 Å². The highest BCUT2D eigenvalue weighted by Gasteiger charge is 2.41. The van der Waals surface area contributed by atoms with Crippen LogP contribution in [-0.2, 0) is 11.8 Å². The van der Waals surface area contributed by atoms with E-state index in [1.54, 1.807) is 4.57 Å². The lowest BCUT2D eigenvalue weighted by Crippen LogP contribution is -2.43. The molecule has 4 rings (SSSR count). The minimum absolute atomic E-state index is 0.0974.